The maximum atomic E-state index is 13.8. The van der Waals surface area contributed by atoms with Crippen molar-refractivity contribution in [3.05, 3.63) is 213 Å². The summed E-state index contributed by atoms with van der Waals surface area (Å²) in [4.78, 5) is 8.79. The molecule has 0 N–H and O–H groups in total. The molecule has 3 heterocycles. The van der Waals surface area contributed by atoms with E-state index in [0.717, 1.165) is 78.7 Å². The Morgan fingerprint density at radius 3 is 1.95 bits per heavy atom. The Morgan fingerprint density at radius 2 is 1.21 bits per heavy atom. The molecule has 5 nitrogen and oxygen atoms in total. The van der Waals surface area contributed by atoms with E-state index in [4.69, 9.17) is 4.74 Å². The van der Waals surface area contributed by atoms with Gasteiger partial charge >= 0.3 is 6.18 Å². The number of nitrogens with zero attached hydrogens (tertiary/aromatic N) is 4. The van der Waals surface area contributed by atoms with Gasteiger partial charge in [-0.3, -0.25) is 0 Å². The van der Waals surface area contributed by atoms with E-state index in [0.29, 0.717) is 22.5 Å². The van der Waals surface area contributed by atoms with E-state index in [1.165, 1.54) is 6.20 Å². The molecule has 10 aromatic rings. The molecule has 0 spiro atoms. The second kappa shape index (κ2) is 15.7. The summed E-state index contributed by atoms with van der Waals surface area (Å²) in [5.74, 6) is 0.948. The van der Waals surface area contributed by atoms with Crippen LogP contribution in [0, 0.1) is 18.8 Å². The molecule has 0 atom stereocenters. The van der Waals surface area contributed by atoms with Crippen LogP contribution >= 0.6 is 0 Å². The predicted octanol–water partition coefficient (Wildman–Crippen LogP) is 14.5. The van der Waals surface area contributed by atoms with Gasteiger partial charge in [-0.25, -0.2) is 4.98 Å². The molecule has 0 unspecified atom stereocenters. The maximum absolute atomic E-state index is 13.8. The molecular weight excluding hydrogens is 872 g/mol. The number of pyridine rings is 1. The van der Waals surface area contributed by atoms with Gasteiger partial charge in [-0.1, -0.05) is 133 Å². The van der Waals surface area contributed by atoms with Gasteiger partial charge in [-0.15, -0.1) is 48.1 Å². The Balaban J connectivity index is 0.00000458. The number of alkyl halides is 3. The van der Waals surface area contributed by atoms with Crippen molar-refractivity contribution < 1.29 is 38.3 Å². The minimum absolute atomic E-state index is 0. The zero-order chi connectivity index (χ0) is 41.1. The first kappa shape index (κ1) is 39.0. The van der Waals surface area contributed by atoms with Gasteiger partial charge in [0, 0.05) is 77.2 Å². The fourth-order valence-electron chi connectivity index (χ4n) is 8.44. The summed E-state index contributed by atoms with van der Waals surface area (Å²) < 4.78 is 49.7. The second-order valence-electron chi connectivity index (χ2n) is 14.8. The van der Waals surface area contributed by atoms with Crippen molar-refractivity contribution in [2.24, 2.45) is 0 Å². The van der Waals surface area contributed by atoms with E-state index < -0.39 is 11.7 Å². The number of benzene rings is 8. The van der Waals surface area contributed by atoms with Crippen LogP contribution in [0.15, 0.2) is 188 Å². The average molecular weight is 904 g/mol. The van der Waals surface area contributed by atoms with Crippen LogP contribution in [0.5, 0.6) is 11.5 Å². The van der Waals surface area contributed by atoms with Crippen molar-refractivity contribution in [3.63, 3.8) is 0 Å². The third-order valence-electron chi connectivity index (χ3n) is 11.1. The van der Waals surface area contributed by atoms with Crippen LogP contribution in [0.3, 0.4) is 0 Å². The summed E-state index contributed by atoms with van der Waals surface area (Å²) in [5.41, 5.74) is 8.63. The number of fused-ring (bicyclic) bond motifs is 6. The molecule has 9 heteroatoms. The summed E-state index contributed by atoms with van der Waals surface area (Å²) >= 11 is 0. The molecule has 0 amide bonds. The average Bonchev–Trinajstić information content (AvgIpc) is 3.85. The second-order valence-corrected chi connectivity index (χ2v) is 14.8. The third-order valence-corrected chi connectivity index (χ3v) is 11.1. The summed E-state index contributed by atoms with van der Waals surface area (Å²) in [6.07, 6.45) is -3.35. The largest absolute Gasteiger partial charge is 0.509 e. The fraction of sp³-hybridized carbons (Fsp3) is 0.0189. The molecule has 0 fully saturated rings. The molecule has 0 bridgehead atoms. The van der Waals surface area contributed by atoms with Gasteiger partial charge in [0.2, 0.25) is 0 Å². The zero-order valence-corrected chi connectivity index (χ0v) is 34.2. The van der Waals surface area contributed by atoms with Gasteiger partial charge in [-0.05, 0) is 46.2 Å². The minimum atomic E-state index is -4.53. The van der Waals surface area contributed by atoms with Crippen molar-refractivity contribution in [3.8, 4) is 39.6 Å². The molecule has 0 saturated carbocycles. The number of halogens is 3. The van der Waals surface area contributed by atoms with Crippen molar-refractivity contribution >= 4 is 55.3 Å². The van der Waals surface area contributed by atoms with Gasteiger partial charge in [0.15, 0.2) is 0 Å². The third kappa shape index (κ3) is 6.76. The molecule has 0 aliphatic carbocycles. The van der Waals surface area contributed by atoms with Crippen LogP contribution in [0.4, 0.5) is 35.9 Å². The first-order chi connectivity index (χ1) is 29.9. The van der Waals surface area contributed by atoms with Crippen molar-refractivity contribution in [1.29, 1.82) is 0 Å². The van der Waals surface area contributed by atoms with Crippen LogP contribution in [-0.2, 0) is 26.6 Å². The van der Waals surface area contributed by atoms with Crippen molar-refractivity contribution in [1.82, 2.24) is 9.55 Å². The molecule has 11 rings (SSSR count). The Kier molecular flexibility index (Phi) is 9.87. The normalized spacial score (nSPS) is 12.5. The quantitative estimate of drug-likeness (QED) is 0.118. The molecule has 0 saturated heterocycles. The summed E-state index contributed by atoms with van der Waals surface area (Å²) in [6, 6.07) is 66.0. The number of hydrogen-bond acceptors (Lipinski definition) is 4. The zero-order valence-electron chi connectivity index (χ0n) is 32.6. The molecule has 8 aromatic carbocycles. The number of para-hydroxylation sites is 2. The molecular formula is C53H32F3N4OPd-3. The van der Waals surface area contributed by atoms with E-state index in [-0.39, 0.29) is 26.2 Å². The summed E-state index contributed by atoms with van der Waals surface area (Å²) in [5, 5.41) is 3.88. The number of aromatic nitrogens is 2. The first-order valence-corrected chi connectivity index (χ1v) is 19.8. The molecule has 1 aliphatic rings. The van der Waals surface area contributed by atoms with Crippen LogP contribution in [0.25, 0.3) is 60.6 Å². The van der Waals surface area contributed by atoms with E-state index >= 15 is 0 Å². The van der Waals surface area contributed by atoms with E-state index in [1.54, 1.807) is 4.57 Å². The van der Waals surface area contributed by atoms with Gasteiger partial charge in [-0.2, -0.15) is 25.3 Å². The van der Waals surface area contributed by atoms with Gasteiger partial charge < -0.3 is 19.1 Å². The van der Waals surface area contributed by atoms with Crippen LogP contribution in [0.1, 0.15) is 5.56 Å². The minimum Gasteiger partial charge on any atom is -0.509 e. The topological polar surface area (TPSA) is 33.5 Å². The summed E-state index contributed by atoms with van der Waals surface area (Å²) in [6.45, 7) is 2.12. The Hall–Kier alpha value is -7.18. The van der Waals surface area contributed by atoms with Gasteiger partial charge in [0.05, 0.1) is 5.56 Å². The van der Waals surface area contributed by atoms with E-state index in [1.807, 2.05) is 66.7 Å². The van der Waals surface area contributed by atoms with Crippen LogP contribution < -0.4 is 14.5 Å². The Bertz CT molecular complexity index is 3220. The summed E-state index contributed by atoms with van der Waals surface area (Å²) in [7, 11) is 0. The van der Waals surface area contributed by atoms with Crippen molar-refractivity contribution in [2.75, 3.05) is 9.80 Å². The van der Waals surface area contributed by atoms with Gasteiger partial charge in [0.25, 0.3) is 0 Å². The molecule has 62 heavy (non-hydrogen) atoms. The molecule has 2 aromatic heterocycles. The van der Waals surface area contributed by atoms with Crippen LogP contribution in [0.2, 0.25) is 0 Å². The van der Waals surface area contributed by atoms with Crippen molar-refractivity contribution in [2.45, 2.75) is 6.18 Å². The Labute approximate surface area is 369 Å². The number of hydrogen-bond donors (Lipinski definition) is 0. The first-order valence-electron chi connectivity index (χ1n) is 19.8. The number of rotatable bonds is 7. The smallest absolute Gasteiger partial charge is 0.416 e. The SMILES string of the molecule is FC(F)(F)c1ccnc(-n2c3[c-]c(Oc4[c-]c(N5[CH-]N(c6c(-c7ccccc7)cccc6-c6ccccc6)c6c5ccc5ccccc65)ccc4)ccc3c3ccccc32)c1.[Pd]. The van der Waals surface area contributed by atoms with E-state index in [9.17, 15) is 13.2 Å². The van der Waals surface area contributed by atoms with Gasteiger partial charge in [0.1, 0.15) is 5.82 Å². The molecule has 1 aliphatic heterocycles. The Morgan fingerprint density at radius 1 is 0.548 bits per heavy atom. The fourth-order valence-corrected chi connectivity index (χ4v) is 8.44. The number of anilines is 4. The van der Waals surface area contributed by atoms with Crippen LogP contribution in [-0.4, -0.2) is 9.55 Å². The van der Waals surface area contributed by atoms with E-state index in [2.05, 4.69) is 137 Å². The molecule has 304 valence electrons. The standard InChI is InChI=1S/C53H32F3N4O.Pd/c54-53(55,56)38-29-30-57-50(31-38)60-47-24-10-9-21-45(47)46-27-26-41(33-49(46)60)61-40-19-11-18-39(32-40)58-34-59(52-44-20-8-7-17-37(44)25-28-48(52)58)51-42(35-13-3-1-4-14-35)22-12-23-43(51)36-15-5-2-6-16-36;/h1-31,34H;/q-3;. The predicted molar refractivity (Wildman–Crippen MR) is 238 cm³/mol. The monoisotopic (exact) mass is 903 g/mol. The molecule has 0 radical (unpaired) electrons. The maximum Gasteiger partial charge on any atom is 0.416 e. The number of ether oxygens (including phenoxy) is 1.